The Morgan fingerprint density at radius 1 is 1.24 bits per heavy atom. The Kier molecular flexibility index (Phi) is 5.19. The van der Waals surface area contributed by atoms with Crippen LogP contribution in [-0.2, 0) is 4.79 Å². The smallest absolute Gasteiger partial charge is 0.263 e. The van der Waals surface area contributed by atoms with Crippen molar-refractivity contribution < 1.29 is 4.79 Å². The lowest BCUT2D eigenvalue weighted by molar-refractivity contribution is -0.117. The maximum atomic E-state index is 11.7. The fraction of sp³-hybridized carbons (Fsp3) is 0.125. The molecule has 0 atom stereocenters. The van der Waals surface area contributed by atoms with Crippen LogP contribution in [0.5, 0.6) is 0 Å². The number of halogens is 1. The number of anilines is 1. The minimum atomic E-state index is -0.438. The van der Waals surface area contributed by atoms with Gasteiger partial charge in [-0.2, -0.15) is 5.26 Å². The van der Waals surface area contributed by atoms with Crippen molar-refractivity contribution in [2.45, 2.75) is 0 Å². The molecule has 5 heteroatoms. The van der Waals surface area contributed by atoms with Crippen LogP contribution in [-0.4, -0.2) is 18.3 Å². The fourth-order valence-corrected chi connectivity index (χ4v) is 1.93. The molecule has 0 spiro atoms. The van der Waals surface area contributed by atoms with E-state index in [9.17, 15) is 4.79 Å². The molecule has 0 unspecified atom stereocenters. The summed E-state index contributed by atoms with van der Waals surface area (Å²) in [6.07, 6.45) is 1.40. The molecule has 106 valence electrons. The average molecular weight is 300 g/mol. The van der Waals surface area contributed by atoms with Crippen LogP contribution in [0.4, 0.5) is 5.69 Å². The van der Waals surface area contributed by atoms with E-state index in [1.807, 2.05) is 48.5 Å². The molecule has 0 aliphatic carbocycles. The first-order chi connectivity index (χ1) is 10.2. The maximum Gasteiger partial charge on any atom is 0.263 e. The topological polar surface area (TPSA) is 64.9 Å². The number of hydrogen-bond donors (Lipinski definition) is 2. The van der Waals surface area contributed by atoms with Crippen LogP contribution in [0.25, 0.3) is 10.8 Å². The minimum Gasteiger partial charge on any atom is -0.360 e. The summed E-state index contributed by atoms with van der Waals surface area (Å²) in [5.41, 5.74) is 0.819. The number of nitrogens with zero attached hydrogens (tertiary/aromatic N) is 1. The van der Waals surface area contributed by atoms with Crippen LogP contribution in [0.2, 0.25) is 0 Å². The number of rotatable bonds is 5. The zero-order valence-electron chi connectivity index (χ0n) is 11.3. The van der Waals surface area contributed by atoms with Gasteiger partial charge in [-0.25, -0.2) is 0 Å². The monoisotopic (exact) mass is 299 g/mol. The molecule has 0 aliphatic rings. The molecule has 0 aromatic heterocycles. The summed E-state index contributed by atoms with van der Waals surface area (Å²) in [7, 11) is 0. The van der Waals surface area contributed by atoms with Gasteiger partial charge in [0, 0.05) is 24.3 Å². The van der Waals surface area contributed by atoms with Gasteiger partial charge in [0.2, 0.25) is 0 Å². The Morgan fingerprint density at radius 3 is 2.71 bits per heavy atom. The normalized spacial score (nSPS) is 11.0. The van der Waals surface area contributed by atoms with Crippen molar-refractivity contribution >= 4 is 34.0 Å². The number of carbonyl (C=O) groups is 1. The summed E-state index contributed by atoms with van der Waals surface area (Å²) in [4.78, 5) is 11.7. The number of nitrogens with one attached hydrogen (secondary N) is 2. The predicted molar refractivity (Wildman–Crippen MR) is 85.0 cm³/mol. The molecule has 4 nitrogen and oxygen atoms in total. The van der Waals surface area contributed by atoms with Crippen LogP contribution >= 0.6 is 11.6 Å². The molecule has 2 rings (SSSR count). The molecule has 0 fully saturated rings. The Bertz CT molecular complexity index is 719. The molecule has 0 bridgehead atoms. The molecule has 1 amide bonds. The van der Waals surface area contributed by atoms with Crippen molar-refractivity contribution in [3.63, 3.8) is 0 Å². The summed E-state index contributed by atoms with van der Waals surface area (Å²) >= 11 is 5.49. The van der Waals surface area contributed by atoms with E-state index in [1.54, 1.807) is 0 Å². The minimum absolute atomic E-state index is 0.00766. The SMILES string of the molecule is N#C/C(=C/Nc1ccc2ccccc2c1)C(=O)NCCCl. The molecular formula is C16H14ClN3O. The van der Waals surface area contributed by atoms with E-state index in [4.69, 9.17) is 16.9 Å². The lowest BCUT2D eigenvalue weighted by atomic mass is 10.1. The number of benzene rings is 2. The molecule has 0 saturated heterocycles. The summed E-state index contributed by atoms with van der Waals surface area (Å²) in [6, 6.07) is 15.7. The molecule has 0 radical (unpaired) electrons. The Balaban J connectivity index is 2.13. The van der Waals surface area contributed by atoms with E-state index in [0.717, 1.165) is 16.5 Å². The Labute approximate surface area is 128 Å². The van der Waals surface area contributed by atoms with Gasteiger partial charge in [0.25, 0.3) is 5.91 Å². The zero-order chi connectivity index (χ0) is 15.1. The Morgan fingerprint density at radius 2 is 2.00 bits per heavy atom. The highest BCUT2D eigenvalue weighted by atomic mass is 35.5. The van der Waals surface area contributed by atoms with E-state index < -0.39 is 5.91 Å². The van der Waals surface area contributed by atoms with Gasteiger partial charge in [-0.3, -0.25) is 4.79 Å². The molecule has 2 aromatic rings. The molecule has 0 saturated carbocycles. The van der Waals surface area contributed by atoms with Crippen LogP contribution in [0.3, 0.4) is 0 Å². The van der Waals surface area contributed by atoms with E-state index >= 15 is 0 Å². The third-order valence-corrected chi connectivity index (χ3v) is 3.07. The maximum absolute atomic E-state index is 11.7. The second kappa shape index (κ2) is 7.32. The zero-order valence-corrected chi connectivity index (χ0v) is 12.0. The van der Waals surface area contributed by atoms with Gasteiger partial charge in [0.1, 0.15) is 11.6 Å². The van der Waals surface area contributed by atoms with Gasteiger partial charge in [-0.15, -0.1) is 11.6 Å². The first-order valence-corrected chi connectivity index (χ1v) is 6.98. The second-order valence-electron chi connectivity index (χ2n) is 4.32. The number of alkyl halides is 1. The van der Waals surface area contributed by atoms with Gasteiger partial charge in [-0.05, 0) is 22.9 Å². The van der Waals surface area contributed by atoms with Crippen molar-refractivity contribution in [3.05, 3.63) is 54.2 Å². The molecule has 2 N–H and O–H groups in total. The molecular weight excluding hydrogens is 286 g/mol. The van der Waals surface area contributed by atoms with Crippen molar-refractivity contribution in [1.29, 1.82) is 5.26 Å². The number of fused-ring (bicyclic) bond motifs is 1. The lowest BCUT2D eigenvalue weighted by Crippen LogP contribution is -2.26. The highest BCUT2D eigenvalue weighted by molar-refractivity contribution is 6.18. The van der Waals surface area contributed by atoms with Crippen LogP contribution in [0, 0.1) is 11.3 Å². The van der Waals surface area contributed by atoms with Crippen LogP contribution < -0.4 is 10.6 Å². The summed E-state index contributed by atoms with van der Waals surface area (Å²) in [5, 5.41) is 16.7. The molecule has 0 aliphatic heterocycles. The van der Waals surface area contributed by atoms with Gasteiger partial charge in [0.05, 0.1) is 0 Å². The van der Waals surface area contributed by atoms with Gasteiger partial charge in [0.15, 0.2) is 0 Å². The highest BCUT2D eigenvalue weighted by Crippen LogP contribution is 2.18. The number of carbonyl (C=O) groups excluding carboxylic acids is 1. The van der Waals surface area contributed by atoms with Crippen molar-refractivity contribution in [2.75, 3.05) is 17.7 Å². The van der Waals surface area contributed by atoms with Crippen LogP contribution in [0.1, 0.15) is 0 Å². The third kappa shape index (κ3) is 3.98. The van der Waals surface area contributed by atoms with Crippen LogP contribution in [0.15, 0.2) is 54.2 Å². The standard InChI is InChI=1S/C16H14ClN3O/c17-7-8-19-16(21)14(10-18)11-20-15-6-5-12-3-1-2-4-13(12)9-15/h1-6,9,11,20H,7-8H2,(H,19,21)/b14-11-. The lowest BCUT2D eigenvalue weighted by Gasteiger charge is -2.05. The number of nitriles is 1. The summed E-state index contributed by atoms with van der Waals surface area (Å²) < 4.78 is 0. The van der Waals surface area contributed by atoms with E-state index in [2.05, 4.69) is 10.6 Å². The quantitative estimate of drug-likeness (QED) is 0.507. The fourth-order valence-electron chi connectivity index (χ4n) is 1.84. The second-order valence-corrected chi connectivity index (χ2v) is 4.70. The van der Waals surface area contributed by atoms with Crippen molar-refractivity contribution in [1.82, 2.24) is 5.32 Å². The van der Waals surface area contributed by atoms with E-state index in [1.165, 1.54) is 6.20 Å². The number of amides is 1. The van der Waals surface area contributed by atoms with Gasteiger partial charge >= 0.3 is 0 Å². The first kappa shape index (κ1) is 14.9. The van der Waals surface area contributed by atoms with Crippen molar-refractivity contribution in [3.8, 4) is 6.07 Å². The van der Waals surface area contributed by atoms with E-state index in [0.29, 0.717) is 12.4 Å². The third-order valence-electron chi connectivity index (χ3n) is 2.88. The van der Waals surface area contributed by atoms with Crippen molar-refractivity contribution in [2.24, 2.45) is 0 Å². The number of hydrogen-bond acceptors (Lipinski definition) is 3. The summed E-state index contributed by atoms with van der Waals surface area (Å²) in [6.45, 7) is 0.329. The summed E-state index contributed by atoms with van der Waals surface area (Å²) in [5.74, 6) is -0.130. The largest absolute Gasteiger partial charge is 0.360 e. The Hall–Kier alpha value is -2.51. The van der Waals surface area contributed by atoms with Gasteiger partial charge in [-0.1, -0.05) is 30.3 Å². The molecule has 2 aromatic carbocycles. The van der Waals surface area contributed by atoms with Gasteiger partial charge < -0.3 is 10.6 Å². The van der Waals surface area contributed by atoms with E-state index in [-0.39, 0.29) is 5.57 Å². The average Bonchev–Trinajstić information content (AvgIpc) is 2.53. The molecule has 0 heterocycles. The first-order valence-electron chi connectivity index (χ1n) is 6.44. The predicted octanol–water partition coefficient (Wildman–Crippen LogP) is 3.01. The highest BCUT2D eigenvalue weighted by Gasteiger charge is 2.07. The molecule has 21 heavy (non-hydrogen) atoms.